The topological polar surface area (TPSA) is 42.0 Å². The van der Waals surface area contributed by atoms with Gasteiger partial charge in [0, 0.05) is 15.3 Å². The van der Waals surface area contributed by atoms with Gasteiger partial charge in [-0.05, 0) is 49.1 Å². The third-order valence-corrected chi connectivity index (χ3v) is 5.73. The molecule has 2 aromatic rings. The van der Waals surface area contributed by atoms with Crippen LogP contribution < -0.4 is 5.32 Å². The van der Waals surface area contributed by atoms with Gasteiger partial charge in [0.25, 0.3) is 5.91 Å². The molecule has 1 aromatic heterocycles. The van der Waals surface area contributed by atoms with Crippen LogP contribution >= 0.6 is 23.1 Å². The number of aryl methyl sites for hydroxylation is 1. The van der Waals surface area contributed by atoms with Crippen molar-refractivity contribution in [3.8, 4) is 0 Å². The fourth-order valence-corrected chi connectivity index (χ4v) is 4.54. The summed E-state index contributed by atoms with van der Waals surface area (Å²) in [6.45, 7) is 4.39. The van der Waals surface area contributed by atoms with Gasteiger partial charge in [-0.2, -0.15) is 0 Å². The molecule has 1 heterocycles. The number of nitrogens with zero attached hydrogens (tertiary/aromatic N) is 1. The zero-order chi connectivity index (χ0) is 15.5. The highest BCUT2D eigenvalue weighted by Gasteiger charge is 2.20. The van der Waals surface area contributed by atoms with Crippen LogP contribution in [-0.2, 0) is 12.8 Å². The summed E-state index contributed by atoms with van der Waals surface area (Å²) in [5, 5.41) is 3.69. The Balaban J connectivity index is 1.73. The van der Waals surface area contributed by atoms with Crippen molar-refractivity contribution in [3.63, 3.8) is 0 Å². The number of thioether (sulfide) groups is 1. The Labute approximate surface area is 139 Å². The van der Waals surface area contributed by atoms with Crippen LogP contribution in [0.5, 0.6) is 0 Å². The van der Waals surface area contributed by atoms with Gasteiger partial charge >= 0.3 is 0 Å². The van der Waals surface area contributed by atoms with Crippen LogP contribution in [0.1, 0.15) is 41.2 Å². The number of anilines is 1. The van der Waals surface area contributed by atoms with Gasteiger partial charge in [-0.3, -0.25) is 10.1 Å². The fraction of sp³-hybridized carbons (Fsp3) is 0.412. The summed E-state index contributed by atoms with van der Waals surface area (Å²) < 4.78 is 0. The summed E-state index contributed by atoms with van der Waals surface area (Å²) >= 11 is 3.37. The molecule has 3 rings (SSSR count). The van der Waals surface area contributed by atoms with E-state index < -0.39 is 0 Å². The standard InChI is InChI=1S/C17H20N2OS2/c1-3-21-13-6-4-5-12(10-13)16(20)19-17-18-14-8-7-11(2)9-15(14)22-17/h4-6,10-11H,3,7-9H2,1-2H3,(H,18,19,20). The molecule has 0 radical (unpaired) electrons. The Bertz CT molecular complexity index is 681. The van der Waals surface area contributed by atoms with E-state index in [4.69, 9.17) is 0 Å². The lowest BCUT2D eigenvalue weighted by atomic mass is 9.93. The average Bonchev–Trinajstić information content (AvgIpc) is 2.89. The van der Waals surface area contributed by atoms with Crippen molar-refractivity contribution in [2.45, 2.75) is 38.0 Å². The van der Waals surface area contributed by atoms with E-state index in [2.05, 4.69) is 24.1 Å². The van der Waals surface area contributed by atoms with Crippen LogP contribution in [0, 0.1) is 5.92 Å². The van der Waals surface area contributed by atoms with Crippen molar-refractivity contribution in [2.75, 3.05) is 11.1 Å². The quantitative estimate of drug-likeness (QED) is 0.830. The van der Waals surface area contributed by atoms with Crippen molar-refractivity contribution in [1.82, 2.24) is 4.98 Å². The number of benzene rings is 1. The van der Waals surface area contributed by atoms with Crippen molar-refractivity contribution in [3.05, 3.63) is 40.4 Å². The molecule has 1 amide bonds. The number of fused-ring (bicyclic) bond motifs is 1. The molecule has 0 bridgehead atoms. The Morgan fingerprint density at radius 2 is 2.36 bits per heavy atom. The lowest BCUT2D eigenvalue weighted by molar-refractivity contribution is 0.102. The number of hydrogen-bond donors (Lipinski definition) is 1. The van der Waals surface area contributed by atoms with Crippen LogP contribution in [0.25, 0.3) is 0 Å². The van der Waals surface area contributed by atoms with Gasteiger partial charge in [0.2, 0.25) is 0 Å². The minimum atomic E-state index is -0.0716. The highest BCUT2D eigenvalue weighted by molar-refractivity contribution is 7.99. The van der Waals surface area contributed by atoms with E-state index >= 15 is 0 Å². The van der Waals surface area contributed by atoms with Crippen LogP contribution in [0.4, 0.5) is 5.13 Å². The number of amides is 1. The van der Waals surface area contributed by atoms with E-state index in [1.54, 1.807) is 23.1 Å². The van der Waals surface area contributed by atoms with E-state index in [-0.39, 0.29) is 5.91 Å². The summed E-state index contributed by atoms with van der Waals surface area (Å²) in [7, 11) is 0. The molecule has 0 spiro atoms. The zero-order valence-corrected chi connectivity index (χ0v) is 14.5. The molecule has 0 aliphatic heterocycles. The van der Waals surface area contributed by atoms with Crippen LogP contribution in [0.15, 0.2) is 29.2 Å². The minimum Gasteiger partial charge on any atom is -0.298 e. The molecular formula is C17H20N2OS2. The zero-order valence-electron chi connectivity index (χ0n) is 12.9. The van der Waals surface area contributed by atoms with Gasteiger partial charge in [-0.15, -0.1) is 23.1 Å². The molecule has 1 unspecified atom stereocenters. The van der Waals surface area contributed by atoms with Crippen molar-refractivity contribution in [2.24, 2.45) is 5.92 Å². The SMILES string of the molecule is CCSc1cccc(C(=O)Nc2nc3c(s2)CC(C)CC3)c1. The summed E-state index contributed by atoms with van der Waals surface area (Å²) in [4.78, 5) is 19.4. The molecule has 0 saturated heterocycles. The largest absolute Gasteiger partial charge is 0.298 e. The lowest BCUT2D eigenvalue weighted by Gasteiger charge is -2.15. The first-order chi connectivity index (χ1) is 10.7. The fourth-order valence-electron chi connectivity index (χ4n) is 2.66. The number of carbonyl (C=O) groups is 1. The number of rotatable bonds is 4. The predicted octanol–water partition coefficient (Wildman–Crippen LogP) is 4.63. The van der Waals surface area contributed by atoms with Crippen LogP contribution in [-0.4, -0.2) is 16.6 Å². The molecule has 22 heavy (non-hydrogen) atoms. The van der Waals surface area contributed by atoms with Crippen molar-refractivity contribution in [1.29, 1.82) is 0 Å². The molecule has 5 heteroatoms. The maximum Gasteiger partial charge on any atom is 0.257 e. The molecule has 1 aromatic carbocycles. The molecule has 1 atom stereocenters. The molecule has 0 saturated carbocycles. The third-order valence-electron chi connectivity index (χ3n) is 3.81. The van der Waals surface area contributed by atoms with E-state index in [1.807, 2.05) is 24.3 Å². The molecule has 3 nitrogen and oxygen atoms in total. The predicted molar refractivity (Wildman–Crippen MR) is 94.1 cm³/mol. The maximum absolute atomic E-state index is 12.4. The highest BCUT2D eigenvalue weighted by atomic mass is 32.2. The maximum atomic E-state index is 12.4. The summed E-state index contributed by atoms with van der Waals surface area (Å²) in [6.07, 6.45) is 3.32. The molecular weight excluding hydrogens is 312 g/mol. The average molecular weight is 332 g/mol. The summed E-state index contributed by atoms with van der Waals surface area (Å²) in [5.74, 6) is 1.65. The Morgan fingerprint density at radius 3 is 3.18 bits per heavy atom. The van der Waals surface area contributed by atoms with Gasteiger partial charge in [0.1, 0.15) is 0 Å². The van der Waals surface area contributed by atoms with Gasteiger partial charge in [0.05, 0.1) is 5.69 Å². The number of carbonyl (C=O) groups excluding carboxylic acids is 1. The van der Waals surface area contributed by atoms with E-state index in [0.717, 1.165) is 34.5 Å². The van der Waals surface area contributed by atoms with E-state index in [0.29, 0.717) is 5.56 Å². The second-order valence-electron chi connectivity index (χ2n) is 5.65. The number of nitrogens with one attached hydrogen (secondary N) is 1. The van der Waals surface area contributed by atoms with Gasteiger partial charge < -0.3 is 0 Å². The molecule has 1 aliphatic carbocycles. The summed E-state index contributed by atoms with van der Waals surface area (Å²) in [5.41, 5.74) is 1.87. The van der Waals surface area contributed by atoms with E-state index in [1.165, 1.54) is 17.0 Å². The van der Waals surface area contributed by atoms with Gasteiger partial charge in [-0.25, -0.2) is 4.98 Å². The molecule has 0 fully saturated rings. The number of aromatic nitrogens is 1. The highest BCUT2D eigenvalue weighted by Crippen LogP contribution is 2.32. The minimum absolute atomic E-state index is 0.0716. The second-order valence-corrected chi connectivity index (χ2v) is 8.07. The lowest BCUT2D eigenvalue weighted by Crippen LogP contribution is -2.12. The summed E-state index contributed by atoms with van der Waals surface area (Å²) in [6, 6.07) is 7.76. The normalized spacial score (nSPS) is 17.1. The van der Waals surface area contributed by atoms with Crippen LogP contribution in [0.2, 0.25) is 0 Å². The Hall–Kier alpha value is -1.33. The number of thiazole rings is 1. The monoisotopic (exact) mass is 332 g/mol. The molecule has 116 valence electrons. The van der Waals surface area contributed by atoms with Gasteiger partial charge in [-0.1, -0.05) is 19.9 Å². The van der Waals surface area contributed by atoms with Crippen LogP contribution in [0.3, 0.4) is 0 Å². The molecule has 1 aliphatic rings. The second kappa shape index (κ2) is 6.84. The van der Waals surface area contributed by atoms with Crippen molar-refractivity contribution >= 4 is 34.1 Å². The third kappa shape index (κ3) is 3.52. The van der Waals surface area contributed by atoms with Crippen molar-refractivity contribution < 1.29 is 4.79 Å². The van der Waals surface area contributed by atoms with E-state index in [9.17, 15) is 4.79 Å². The smallest absolute Gasteiger partial charge is 0.257 e. The first-order valence-corrected chi connectivity index (χ1v) is 9.48. The molecule has 1 N–H and O–H groups in total. The van der Waals surface area contributed by atoms with Gasteiger partial charge in [0.15, 0.2) is 5.13 Å². The first-order valence-electron chi connectivity index (χ1n) is 7.68. The first kappa shape index (κ1) is 15.6. The number of hydrogen-bond acceptors (Lipinski definition) is 4. The Kier molecular flexibility index (Phi) is 4.84. The Morgan fingerprint density at radius 1 is 1.50 bits per heavy atom.